The fourth-order valence-electron chi connectivity index (χ4n) is 4.55. The van der Waals surface area contributed by atoms with Crippen LogP contribution in [0.4, 0.5) is 5.69 Å². The average molecular weight is 399 g/mol. The lowest BCUT2D eigenvalue weighted by molar-refractivity contribution is -0.144. The SMILES string of the molecule is O=C1Nc2ccccc2CC1CCC(=O)N1CCCC(C(=O)N2CCOCC2)C1. The van der Waals surface area contributed by atoms with E-state index >= 15 is 0 Å². The molecule has 2 atom stereocenters. The lowest BCUT2D eigenvalue weighted by atomic mass is 9.89. The highest BCUT2D eigenvalue weighted by atomic mass is 16.5. The van der Waals surface area contributed by atoms with Crippen LogP contribution in [-0.4, -0.2) is 66.9 Å². The summed E-state index contributed by atoms with van der Waals surface area (Å²) in [7, 11) is 0. The lowest BCUT2D eigenvalue weighted by Gasteiger charge is -2.36. The van der Waals surface area contributed by atoms with Gasteiger partial charge in [-0.15, -0.1) is 0 Å². The monoisotopic (exact) mass is 399 g/mol. The summed E-state index contributed by atoms with van der Waals surface area (Å²) in [5.41, 5.74) is 2.00. The molecule has 0 radical (unpaired) electrons. The molecular formula is C22H29N3O4. The number of para-hydroxylation sites is 1. The second kappa shape index (κ2) is 8.95. The van der Waals surface area contributed by atoms with Crippen molar-refractivity contribution in [3.8, 4) is 0 Å². The molecule has 3 amide bonds. The molecule has 2 saturated heterocycles. The van der Waals surface area contributed by atoms with E-state index in [1.54, 1.807) is 0 Å². The summed E-state index contributed by atoms with van der Waals surface area (Å²) in [5.74, 6) is -0.0965. The number of anilines is 1. The van der Waals surface area contributed by atoms with Gasteiger partial charge in [-0.25, -0.2) is 0 Å². The molecular weight excluding hydrogens is 370 g/mol. The Balaban J connectivity index is 1.29. The van der Waals surface area contributed by atoms with E-state index < -0.39 is 0 Å². The maximum atomic E-state index is 12.8. The Bertz CT molecular complexity index is 775. The van der Waals surface area contributed by atoms with Crippen LogP contribution in [0.1, 0.15) is 31.2 Å². The highest BCUT2D eigenvalue weighted by Crippen LogP contribution is 2.28. The van der Waals surface area contributed by atoms with Gasteiger partial charge >= 0.3 is 0 Å². The zero-order chi connectivity index (χ0) is 20.2. The highest BCUT2D eigenvalue weighted by Gasteiger charge is 2.32. The largest absolute Gasteiger partial charge is 0.378 e. The number of likely N-dealkylation sites (tertiary alicyclic amines) is 1. The molecule has 0 spiro atoms. The van der Waals surface area contributed by atoms with Crippen molar-refractivity contribution in [2.45, 2.75) is 32.1 Å². The Kier molecular flexibility index (Phi) is 6.13. The van der Waals surface area contributed by atoms with E-state index in [9.17, 15) is 14.4 Å². The van der Waals surface area contributed by atoms with E-state index in [0.717, 1.165) is 24.1 Å². The number of nitrogens with zero attached hydrogens (tertiary/aromatic N) is 2. The van der Waals surface area contributed by atoms with Crippen LogP contribution in [0.25, 0.3) is 0 Å². The number of carbonyl (C=O) groups is 3. The van der Waals surface area contributed by atoms with Crippen molar-refractivity contribution in [2.24, 2.45) is 11.8 Å². The summed E-state index contributed by atoms with van der Waals surface area (Å²) in [5, 5.41) is 2.95. The molecule has 0 bridgehead atoms. The van der Waals surface area contributed by atoms with Gasteiger partial charge in [0, 0.05) is 44.2 Å². The predicted molar refractivity (Wildman–Crippen MR) is 108 cm³/mol. The number of piperidine rings is 1. The zero-order valence-corrected chi connectivity index (χ0v) is 16.8. The number of amides is 3. The van der Waals surface area contributed by atoms with Crippen LogP contribution >= 0.6 is 0 Å². The Labute approximate surface area is 171 Å². The minimum absolute atomic E-state index is 0.00415. The number of morpholine rings is 1. The van der Waals surface area contributed by atoms with Gasteiger partial charge in [0.15, 0.2) is 0 Å². The molecule has 7 nitrogen and oxygen atoms in total. The van der Waals surface area contributed by atoms with E-state index in [4.69, 9.17) is 4.74 Å². The molecule has 1 aromatic carbocycles. The van der Waals surface area contributed by atoms with Gasteiger partial charge in [0.1, 0.15) is 0 Å². The van der Waals surface area contributed by atoms with Gasteiger partial charge in [-0.05, 0) is 37.3 Å². The summed E-state index contributed by atoms with van der Waals surface area (Å²) in [6.07, 6.45) is 3.25. The summed E-state index contributed by atoms with van der Waals surface area (Å²) < 4.78 is 5.33. The van der Waals surface area contributed by atoms with Gasteiger partial charge < -0.3 is 19.9 Å². The molecule has 1 N–H and O–H groups in total. The molecule has 3 aliphatic heterocycles. The number of hydrogen-bond donors (Lipinski definition) is 1. The van der Waals surface area contributed by atoms with Gasteiger partial charge in [-0.3, -0.25) is 14.4 Å². The number of rotatable bonds is 4. The minimum atomic E-state index is -0.176. The molecule has 7 heteroatoms. The maximum Gasteiger partial charge on any atom is 0.227 e. The minimum Gasteiger partial charge on any atom is -0.378 e. The number of benzene rings is 1. The number of hydrogen-bond acceptors (Lipinski definition) is 4. The summed E-state index contributed by atoms with van der Waals surface area (Å²) >= 11 is 0. The van der Waals surface area contributed by atoms with Gasteiger partial charge in [0.2, 0.25) is 17.7 Å². The van der Waals surface area contributed by atoms with E-state index in [1.807, 2.05) is 34.1 Å². The normalized spacial score (nSPS) is 24.6. The predicted octanol–water partition coefficient (Wildman–Crippen LogP) is 1.67. The third-order valence-corrected chi connectivity index (χ3v) is 6.27. The highest BCUT2D eigenvalue weighted by molar-refractivity contribution is 5.96. The van der Waals surface area contributed by atoms with Crippen molar-refractivity contribution in [3.05, 3.63) is 29.8 Å². The summed E-state index contributed by atoms with van der Waals surface area (Å²) in [4.78, 5) is 41.6. The molecule has 3 heterocycles. The van der Waals surface area contributed by atoms with E-state index in [2.05, 4.69) is 5.32 Å². The number of fused-ring (bicyclic) bond motifs is 1. The zero-order valence-electron chi connectivity index (χ0n) is 16.8. The fourth-order valence-corrected chi connectivity index (χ4v) is 4.55. The van der Waals surface area contributed by atoms with Crippen LogP contribution in [-0.2, 0) is 25.5 Å². The molecule has 2 unspecified atom stereocenters. The van der Waals surface area contributed by atoms with Gasteiger partial charge in [0.25, 0.3) is 0 Å². The number of nitrogens with one attached hydrogen (secondary N) is 1. The van der Waals surface area contributed by atoms with Gasteiger partial charge in [0.05, 0.1) is 19.1 Å². The molecule has 3 aliphatic rings. The molecule has 1 aromatic rings. The van der Waals surface area contributed by atoms with Crippen LogP contribution in [0, 0.1) is 11.8 Å². The third-order valence-electron chi connectivity index (χ3n) is 6.27. The van der Waals surface area contributed by atoms with Crippen molar-refractivity contribution in [3.63, 3.8) is 0 Å². The first-order valence-electron chi connectivity index (χ1n) is 10.6. The van der Waals surface area contributed by atoms with Crippen LogP contribution in [0.2, 0.25) is 0 Å². The summed E-state index contributed by atoms with van der Waals surface area (Å²) in [6.45, 7) is 3.66. The second-order valence-electron chi connectivity index (χ2n) is 8.20. The smallest absolute Gasteiger partial charge is 0.227 e. The number of carbonyl (C=O) groups excluding carboxylic acids is 3. The first-order valence-corrected chi connectivity index (χ1v) is 10.6. The Morgan fingerprint density at radius 1 is 1.10 bits per heavy atom. The topological polar surface area (TPSA) is 79.0 Å². The standard InChI is InChI=1S/C22H29N3O4/c26-20(8-7-17-14-16-4-1-2-6-19(16)23-21(17)27)25-9-3-5-18(15-25)22(28)24-10-12-29-13-11-24/h1-2,4,6,17-18H,3,5,7-15H2,(H,23,27). The van der Waals surface area contributed by atoms with E-state index in [-0.39, 0.29) is 29.6 Å². The van der Waals surface area contributed by atoms with Crippen LogP contribution in [0.15, 0.2) is 24.3 Å². The lowest BCUT2D eigenvalue weighted by Crippen LogP contribution is -2.49. The Hall–Kier alpha value is -2.41. The Morgan fingerprint density at radius 2 is 1.90 bits per heavy atom. The number of ether oxygens (including phenoxy) is 1. The van der Waals surface area contributed by atoms with Crippen molar-refractivity contribution in [1.29, 1.82) is 0 Å². The van der Waals surface area contributed by atoms with E-state index in [1.165, 1.54) is 0 Å². The first-order chi connectivity index (χ1) is 14.1. The maximum absolute atomic E-state index is 12.8. The molecule has 29 heavy (non-hydrogen) atoms. The van der Waals surface area contributed by atoms with Crippen LogP contribution < -0.4 is 5.32 Å². The quantitative estimate of drug-likeness (QED) is 0.836. The first kappa shape index (κ1) is 19.9. The van der Waals surface area contributed by atoms with Crippen LogP contribution in [0.3, 0.4) is 0 Å². The second-order valence-corrected chi connectivity index (χ2v) is 8.20. The molecule has 0 aliphatic carbocycles. The van der Waals surface area contributed by atoms with Crippen molar-refractivity contribution < 1.29 is 19.1 Å². The van der Waals surface area contributed by atoms with Crippen LogP contribution in [0.5, 0.6) is 0 Å². The molecule has 0 aromatic heterocycles. The van der Waals surface area contributed by atoms with Gasteiger partial charge in [-0.1, -0.05) is 18.2 Å². The molecule has 0 saturated carbocycles. The fraction of sp³-hybridized carbons (Fsp3) is 0.591. The van der Waals surface area contributed by atoms with E-state index in [0.29, 0.717) is 58.7 Å². The van der Waals surface area contributed by atoms with Crippen molar-refractivity contribution in [1.82, 2.24) is 9.80 Å². The average Bonchev–Trinajstić information content (AvgIpc) is 2.77. The van der Waals surface area contributed by atoms with Gasteiger partial charge in [-0.2, -0.15) is 0 Å². The van der Waals surface area contributed by atoms with Crippen molar-refractivity contribution in [2.75, 3.05) is 44.7 Å². The molecule has 2 fully saturated rings. The summed E-state index contributed by atoms with van der Waals surface area (Å²) in [6, 6.07) is 7.82. The third kappa shape index (κ3) is 4.61. The molecule has 156 valence electrons. The van der Waals surface area contributed by atoms with Crippen molar-refractivity contribution >= 4 is 23.4 Å². The Morgan fingerprint density at radius 3 is 2.72 bits per heavy atom. The molecule has 4 rings (SSSR count).